The molecule has 3 saturated heterocycles. The van der Waals surface area contributed by atoms with E-state index in [4.69, 9.17) is 9.47 Å². The fourth-order valence-corrected chi connectivity index (χ4v) is 8.77. The van der Waals surface area contributed by atoms with Gasteiger partial charge in [-0.3, -0.25) is 19.3 Å². The third-order valence-electron chi connectivity index (χ3n) is 8.43. The number of carbonyl (C=O) groups is 3. The highest BCUT2D eigenvalue weighted by molar-refractivity contribution is 8.02. The normalized spacial score (nSPS) is 37.6. The van der Waals surface area contributed by atoms with E-state index in [0.717, 1.165) is 38.9 Å². The van der Waals surface area contributed by atoms with Gasteiger partial charge in [0, 0.05) is 50.6 Å². The molecule has 0 aromatic carbocycles. The molecule has 9 nitrogen and oxygen atoms in total. The Bertz CT molecular complexity index is 952. The second kappa shape index (κ2) is 11.1. The van der Waals surface area contributed by atoms with Crippen LogP contribution in [0.1, 0.15) is 32.6 Å². The molecule has 37 heavy (non-hydrogen) atoms. The molecule has 10 heteroatoms. The van der Waals surface area contributed by atoms with Gasteiger partial charge in [0.2, 0.25) is 11.8 Å². The fourth-order valence-electron chi connectivity index (χ4n) is 6.61. The lowest BCUT2D eigenvalue weighted by molar-refractivity contribution is -0.154. The zero-order chi connectivity index (χ0) is 26.0. The summed E-state index contributed by atoms with van der Waals surface area (Å²) in [5, 5.41) is 9.56. The van der Waals surface area contributed by atoms with E-state index < -0.39 is 27.4 Å². The molecule has 1 unspecified atom stereocenters. The number of carbonyl (C=O) groups excluding carboxylic acids is 3. The first-order valence-corrected chi connectivity index (χ1v) is 14.5. The van der Waals surface area contributed by atoms with Crippen LogP contribution in [0, 0.1) is 11.8 Å². The van der Waals surface area contributed by atoms with Crippen LogP contribution in [-0.2, 0) is 23.9 Å². The number of hydrogen-bond acceptors (Lipinski definition) is 8. The molecule has 0 bridgehead atoms. The van der Waals surface area contributed by atoms with Crippen LogP contribution in [-0.4, -0.2) is 119 Å². The lowest BCUT2D eigenvalue weighted by atomic mass is 9.74. The molecular weight excluding hydrogens is 494 g/mol. The molecule has 5 atom stereocenters. The summed E-state index contributed by atoms with van der Waals surface area (Å²) in [6, 6.07) is -0.722. The maximum absolute atomic E-state index is 14.2. The molecule has 0 saturated carbocycles. The van der Waals surface area contributed by atoms with Gasteiger partial charge >= 0.3 is 5.97 Å². The summed E-state index contributed by atoms with van der Waals surface area (Å²) < 4.78 is 9.62. The van der Waals surface area contributed by atoms with E-state index in [0.29, 0.717) is 39.3 Å². The van der Waals surface area contributed by atoms with Crippen LogP contribution in [0.5, 0.6) is 0 Å². The highest BCUT2D eigenvalue weighted by atomic mass is 32.2. The molecule has 5 aliphatic rings. The van der Waals surface area contributed by atoms with Crippen LogP contribution < -0.4 is 0 Å². The Morgan fingerprint density at radius 2 is 1.81 bits per heavy atom. The van der Waals surface area contributed by atoms with Crippen molar-refractivity contribution < 1.29 is 29.0 Å². The quantitative estimate of drug-likeness (QED) is 0.400. The first kappa shape index (κ1) is 26.7. The smallest absolute Gasteiger partial charge is 0.311 e. The Morgan fingerprint density at radius 3 is 2.59 bits per heavy atom. The second-order valence-corrected chi connectivity index (χ2v) is 12.6. The summed E-state index contributed by atoms with van der Waals surface area (Å²) in [7, 11) is 0. The number of allylic oxidation sites excluding steroid dienone is 1. The van der Waals surface area contributed by atoms with Gasteiger partial charge in [0.25, 0.3) is 0 Å². The zero-order valence-corrected chi connectivity index (χ0v) is 22.5. The van der Waals surface area contributed by atoms with Crippen molar-refractivity contribution in [3.8, 4) is 0 Å². The van der Waals surface area contributed by atoms with E-state index >= 15 is 0 Å². The lowest BCUT2D eigenvalue weighted by Gasteiger charge is -2.37. The van der Waals surface area contributed by atoms with E-state index in [9.17, 15) is 19.5 Å². The van der Waals surface area contributed by atoms with Crippen LogP contribution >= 0.6 is 11.8 Å². The molecule has 5 aliphatic heterocycles. The first-order chi connectivity index (χ1) is 17.9. The molecule has 3 fully saturated rings. The number of cyclic esters (lactones) is 1. The number of ether oxygens (including phenoxy) is 2. The Balaban J connectivity index is 1.50. The van der Waals surface area contributed by atoms with Gasteiger partial charge in [-0.1, -0.05) is 24.3 Å². The zero-order valence-electron chi connectivity index (χ0n) is 21.7. The topological polar surface area (TPSA) is 99.6 Å². The summed E-state index contributed by atoms with van der Waals surface area (Å²) in [6.07, 6.45) is 11.2. The number of morpholine rings is 1. The number of thioether (sulfide) groups is 1. The van der Waals surface area contributed by atoms with E-state index in [2.05, 4.69) is 17.1 Å². The Morgan fingerprint density at radius 1 is 1.00 bits per heavy atom. The van der Waals surface area contributed by atoms with E-state index in [1.54, 1.807) is 16.7 Å². The van der Waals surface area contributed by atoms with Crippen molar-refractivity contribution in [1.82, 2.24) is 14.7 Å². The van der Waals surface area contributed by atoms with E-state index in [1.165, 1.54) is 0 Å². The third-order valence-corrected chi connectivity index (χ3v) is 10.2. The molecule has 204 valence electrons. The average Bonchev–Trinajstić information content (AvgIpc) is 3.22. The Kier molecular flexibility index (Phi) is 8.00. The van der Waals surface area contributed by atoms with Crippen LogP contribution in [0.3, 0.4) is 0 Å². The lowest BCUT2D eigenvalue weighted by Crippen LogP contribution is -2.54. The molecule has 0 radical (unpaired) electrons. The number of amides is 2. The Hall–Kier alpha value is -1.88. The number of fused-ring (bicyclic) bond motifs is 2. The molecule has 0 aromatic heterocycles. The largest absolute Gasteiger partial charge is 0.465 e. The highest BCUT2D eigenvalue weighted by Crippen LogP contribution is 2.65. The van der Waals surface area contributed by atoms with E-state index in [1.807, 2.05) is 24.0 Å². The predicted octanol–water partition coefficient (Wildman–Crippen LogP) is 1.07. The van der Waals surface area contributed by atoms with Crippen molar-refractivity contribution in [2.24, 2.45) is 11.8 Å². The van der Waals surface area contributed by atoms with Crippen molar-refractivity contribution >= 4 is 29.5 Å². The van der Waals surface area contributed by atoms with E-state index in [-0.39, 0.29) is 30.9 Å². The number of aliphatic hydroxyl groups excluding tert-OH is 1. The van der Waals surface area contributed by atoms with Gasteiger partial charge in [-0.15, -0.1) is 11.8 Å². The van der Waals surface area contributed by atoms with Crippen molar-refractivity contribution in [1.29, 1.82) is 0 Å². The van der Waals surface area contributed by atoms with Gasteiger partial charge in [0.1, 0.15) is 6.04 Å². The van der Waals surface area contributed by atoms with Gasteiger partial charge in [-0.05, 0) is 32.6 Å². The number of hydrogen-bond donors (Lipinski definition) is 1. The molecular formula is C27H39N3O6S. The van der Waals surface area contributed by atoms with Gasteiger partial charge < -0.3 is 24.4 Å². The number of nitrogens with zero attached hydrogens (tertiary/aromatic N) is 3. The monoisotopic (exact) mass is 533 g/mol. The number of esters is 1. The molecule has 5 rings (SSSR count). The second-order valence-electron chi connectivity index (χ2n) is 10.8. The van der Waals surface area contributed by atoms with Crippen molar-refractivity contribution in [3.05, 3.63) is 24.3 Å². The average molecular weight is 534 g/mol. The van der Waals surface area contributed by atoms with Crippen molar-refractivity contribution in [3.63, 3.8) is 0 Å². The van der Waals surface area contributed by atoms with Gasteiger partial charge in [0.05, 0.1) is 36.4 Å². The maximum Gasteiger partial charge on any atom is 0.311 e. The minimum Gasteiger partial charge on any atom is -0.465 e. The summed E-state index contributed by atoms with van der Waals surface area (Å²) in [5.74, 6) is -1.99. The molecule has 5 heterocycles. The summed E-state index contributed by atoms with van der Waals surface area (Å²) in [5.41, 5.74) is 0. The van der Waals surface area contributed by atoms with Crippen molar-refractivity contribution in [2.45, 2.75) is 48.1 Å². The number of aliphatic hydroxyl groups is 1. The Labute approximate surface area is 223 Å². The predicted molar refractivity (Wildman–Crippen MR) is 140 cm³/mol. The van der Waals surface area contributed by atoms with Gasteiger partial charge in [-0.2, -0.15) is 0 Å². The molecule has 2 amide bonds. The number of likely N-dealkylation sites (tertiary alicyclic amines) is 1. The minimum atomic E-state index is -0.867. The molecule has 0 aromatic rings. The van der Waals surface area contributed by atoms with Gasteiger partial charge in [-0.25, -0.2) is 0 Å². The number of rotatable bonds is 6. The van der Waals surface area contributed by atoms with Crippen molar-refractivity contribution in [2.75, 3.05) is 65.7 Å². The van der Waals surface area contributed by atoms with Crippen LogP contribution in [0.4, 0.5) is 0 Å². The van der Waals surface area contributed by atoms with Crippen LogP contribution in [0.25, 0.3) is 0 Å². The standard InChI is InChI=1S/C27H39N3O6S/c1-26-8-4-2-3-5-17-36-25(34)21(26)20-23(32)30(11-7-16-31)22-24(33)29(10-6-9-27(20,22)37-26)13-12-28-14-18-35-19-15-28/h4,6,8-9,20-22,31H,2-3,5,7,10-19H2,1H3/b8-4-/t20-,21+,22?,26-,27-/m0/s1. The maximum atomic E-state index is 14.2. The SMILES string of the molecule is C[C@]12/C=C\CCCCOC(=O)[C@H]1[C@H]1C(=O)N(CCCO)C3C(=O)N(CCN4CCOCC4)CC=C[C@@]31S2. The summed E-state index contributed by atoms with van der Waals surface area (Å²) >= 11 is 1.57. The molecule has 1 N–H and O–H groups in total. The highest BCUT2D eigenvalue weighted by Gasteiger charge is 2.73. The first-order valence-electron chi connectivity index (χ1n) is 13.6. The van der Waals surface area contributed by atoms with Gasteiger partial charge in [0.15, 0.2) is 0 Å². The molecule has 0 aliphatic carbocycles. The third kappa shape index (κ3) is 4.86. The van der Waals surface area contributed by atoms with Crippen LogP contribution in [0.2, 0.25) is 0 Å². The summed E-state index contributed by atoms with van der Waals surface area (Å²) in [6.45, 7) is 7.44. The minimum absolute atomic E-state index is 0.0714. The van der Waals surface area contributed by atoms with Crippen LogP contribution in [0.15, 0.2) is 24.3 Å². The fraction of sp³-hybridized carbons (Fsp3) is 0.741. The summed E-state index contributed by atoms with van der Waals surface area (Å²) in [4.78, 5) is 47.6. The molecule has 1 spiro atoms.